The molecular weight excluding hydrogens is 190 g/mol. The molecule has 3 heteroatoms. The van der Waals surface area contributed by atoms with E-state index in [-0.39, 0.29) is 5.54 Å². The van der Waals surface area contributed by atoms with Crippen LogP contribution in [0.25, 0.3) is 0 Å². The summed E-state index contributed by atoms with van der Waals surface area (Å²) in [5, 5.41) is 10.3. The Hall–Kier alpha value is -0.540. The molecule has 0 saturated heterocycles. The number of hydrogen-bond acceptors (Lipinski definition) is 3. The zero-order valence-electron chi connectivity index (χ0n) is 10.3. The molecule has 88 valence electrons. The van der Waals surface area contributed by atoms with E-state index in [9.17, 15) is 5.11 Å². The second kappa shape index (κ2) is 4.99. The highest BCUT2D eigenvalue weighted by Crippen LogP contribution is 2.28. The predicted molar refractivity (Wildman–Crippen MR) is 61.7 cm³/mol. The van der Waals surface area contributed by atoms with E-state index in [1.54, 1.807) is 0 Å². The highest BCUT2D eigenvalue weighted by molar-refractivity contribution is 5.10. The summed E-state index contributed by atoms with van der Waals surface area (Å²) < 4.78 is 5.52. The average Bonchev–Trinajstić information content (AvgIpc) is 2.28. The number of hydrogen-bond donors (Lipinski definition) is 1. The van der Waals surface area contributed by atoms with Crippen LogP contribution in [0.4, 0.5) is 0 Å². The summed E-state index contributed by atoms with van der Waals surface area (Å²) in [5.74, 6) is 0.749. The highest BCUT2D eigenvalue weighted by atomic mass is 16.5. The van der Waals surface area contributed by atoms with Gasteiger partial charge in [0.25, 0.3) is 0 Å². The molecule has 0 spiro atoms. The van der Waals surface area contributed by atoms with Gasteiger partial charge in [-0.1, -0.05) is 6.92 Å². The molecule has 1 aliphatic heterocycles. The van der Waals surface area contributed by atoms with Crippen LogP contribution >= 0.6 is 0 Å². The number of aliphatic hydroxyl groups excluding tert-OH is 1. The monoisotopic (exact) mass is 213 g/mol. The molecule has 0 saturated carbocycles. The average molecular weight is 213 g/mol. The molecule has 3 nitrogen and oxygen atoms in total. The van der Waals surface area contributed by atoms with E-state index in [0.717, 1.165) is 31.6 Å². The van der Waals surface area contributed by atoms with Gasteiger partial charge in [-0.05, 0) is 46.4 Å². The molecule has 0 aromatic heterocycles. The van der Waals surface area contributed by atoms with Crippen molar-refractivity contribution < 1.29 is 9.84 Å². The number of allylic oxidation sites excluding steroid dienone is 1. The molecule has 2 atom stereocenters. The molecule has 0 fully saturated rings. The van der Waals surface area contributed by atoms with Crippen LogP contribution in [0, 0.1) is 0 Å². The third-order valence-corrected chi connectivity index (χ3v) is 3.56. The van der Waals surface area contributed by atoms with Gasteiger partial charge < -0.3 is 14.7 Å². The number of ether oxygens (including phenoxy) is 1. The lowest BCUT2D eigenvalue weighted by molar-refractivity contribution is -0.0155. The fourth-order valence-electron chi connectivity index (χ4n) is 1.83. The fourth-order valence-corrected chi connectivity index (χ4v) is 1.83. The molecule has 0 radical (unpaired) electrons. The zero-order chi connectivity index (χ0) is 11.5. The third kappa shape index (κ3) is 2.52. The normalized spacial score (nSPS) is 22.9. The predicted octanol–water partition coefficient (Wildman–Crippen LogP) is 1.77. The standard InChI is InChI=1S/C12H23NO2/c1-5-12(2,13(3)4)11(14)10-8-6-7-9-15-10/h8,11,14H,5-7,9H2,1-4H3. The van der Waals surface area contributed by atoms with Crippen LogP contribution in [0.2, 0.25) is 0 Å². The maximum atomic E-state index is 10.3. The van der Waals surface area contributed by atoms with Crippen molar-refractivity contribution in [1.29, 1.82) is 0 Å². The highest BCUT2D eigenvalue weighted by Gasteiger charge is 2.37. The summed E-state index contributed by atoms with van der Waals surface area (Å²) in [6.07, 6.45) is 4.45. The van der Waals surface area contributed by atoms with E-state index in [1.165, 1.54) is 0 Å². The summed E-state index contributed by atoms with van der Waals surface area (Å²) in [4.78, 5) is 2.07. The first-order chi connectivity index (χ1) is 7.02. The molecule has 0 amide bonds. The van der Waals surface area contributed by atoms with E-state index >= 15 is 0 Å². The Kier molecular flexibility index (Phi) is 4.17. The van der Waals surface area contributed by atoms with Crippen LogP contribution in [0.1, 0.15) is 33.1 Å². The SMILES string of the molecule is CCC(C)(C(O)C1=CCCCO1)N(C)C. The Labute approximate surface area is 92.7 Å². The van der Waals surface area contributed by atoms with Gasteiger partial charge in [-0.15, -0.1) is 0 Å². The van der Waals surface area contributed by atoms with Gasteiger partial charge in [-0.25, -0.2) is 0 Å². The zero-order valence-corrected chi connectivity index (χ0v) is 10.3. The maximum Gasteiger partial charge on any atom is 0.129 e. The molecule has 15 heavy (non-hydrogen) atoms. The Morgan fingerprint density at radius 1 is 1.60 bits per heavy atom. The van der Waals surface area contributed by atoms with Crippen LogP contribution in [-0.2, 0) is 4.74 Å². The maximum absolute atomic E-state index is 10.3. The van der Waals surface area contributed by atoms with Crippen LogP contribution < -0.4 is 0 Å². The Morgan fingerprint density at radius 3 is 2.67 bits per heavy atom. The Morgan fingerprint density at radius 2 is 2.27 bits per heavy atom. The second-order valence-corrected chi connectivity index (χ2v) is 4.60. The van der Waals surface area contributed by atoms with Crippen molar-refractivity contribution in [2.75, 3.05) is 20.7 Å². The first-order valence-corrected chi connectivity index (χ1v) is 5.70. The first-order valence-electron chi connectivity index (χ1n) is 5.70. The van der Waals surface area contributed by atoms with Crippen LogP contribution in [0.3, 0.4) is 0 Å². The van der Waals surface area contributed by atoms with Crippen LogP contribution in [0.15, 0.2) is 11.8 Å². The van der Waals surface area contributed by atoms with Gasteiger partial charge in [0.05, 0.1) is 12.1 Å². The number of aliphatic hydroxyl groups is 1. The molecule has 0 aliphatic carbocycles. The molecular formula is C12H23NO2. The second-order valence-electron chi connectivity index (χ2n) is 4.60. The van der Waals surface area contributed by atoms with E-state index < -0.39 is 6.10 Å². The lowest BCUT2D eigenvalue weighted by Gasteiger charge is -2.41. The fraction of sp³-hybridized carbons (Fsp3) is 0.833. The summed E-state index contributed by atoms with van der Waals surface area (Å²) in [5.41, 5.74) is -0.247. The van der Waals surface area contributed by atoms with E-state index in [1.807, 2.05) is 20.2 Å². The third-order valence-electron chi connectivity index (χ3n) is 3.56. The van der Waals surface area contributed by atoms with E-state index in [2.05, 4.69) is 18.7 Å². The van der Waals surface area contributed by atoms with Crippen molar-refractivity contribution in [3.8, 4) is 0 Å². The topological polar surface area (TPSA) is 32.7 Å². The van der Waals surface area contributed by atoms with Gasteiger partial charge in [-0.3, -0.25) is 0 Å². The van der Waals surface area contributed by atoms with Crippen molar-refractivity contribution in [3.63, 3.8) is 0 Å². The Balaban J connectivity index is 2.80. The molecule has 1 N–H and O–H groups in total. The smallest absolute Gasteiger partial charge is 0.129 e. The largest absolute Gasteiger partial charge is 0.495 e. The summed E-state index contributed by atoms with van der Waals surface area (Å²) in [6.45, 7) is 4.89. The van der Waals surface area contributed by atoms with Gasteiger partial charge in [0.1, 0.15) is 11.9 Å². The number of rotatable bonds is 4. The van der Waals surface area contributed by atoms with Crippen molar-refractivity contribution >= 4 is 0 Å². The van der Waals surface area contributed by atoms with Gasteiger partial charge in [0.15, 0.2) is 0 Å². The van der Waals surface area contributed by atoms with Gasteiger partial charge in [0.2, 0.25) is 0 Å². The molecule has 0 bridgehead atoms. The molecule has 1 aliphatic rings. The minimum Gasteiger partial charge on any atom is -0.495 e. The molecule has 0 aromatic rings. The molecule has 2 unspecified atom stereocenters. The minimum absolute atomic E-state index is 0.247. The lowest BCUT2D eigenvalue weighted by Crippen LogP contribution is -2.52. The van der Waals surface area contributed by atoms with E-state index in [4.69, 9.17) is 4.74 Å². The number of nitrogens with zero attached hydrogens (tertiary/aromatic N) is 1. The van der Waals surface area contributed by atoms with Gasteiger partial charge in [0, 0.05) is 0 Å². The Bertz CT molecular complexity index is 238. The molecule has 0 aromatic carbocycles. The summed E-state index contributed by atoms with van der Waals surface area (Å²) in [6, 6.07) is 0. The van der Waals surface area contributed by atoms with Crippen LogP contribution in [-0.4, -0.2) is 42.4 Å². The summed E-state index contributed by atoms with van der Waals surface area (Å²) in [7, 11) is 3.99. The molecule has 1 heterocycles. The number of likely N-dealkylation sites (N-methyl/N-ethyl adjacent to an activating group) is 1. The van der Waals surface area contributed by atoms with E-state index in [0.29, 0.717) is 0 Å². The van der Waals surface area contributed by atoms with Crippen LogP contribution in [0.5, 0.6) is 0 Å². The first kappa shape index (κ1) is 12.5. The van der Waals surface area contributed by atoms with Crippen molar-refractivity contribution in [2.45, 2.75) is 44.8 Å². The molecule has 1 rings (SSSR count). The van der Waals surface area contributed by atoms with Gasteiger partial charge >= 0.3 is 0 Å². The lowest BCUT2D eigenvalue weighted by atomic mass is 9.88. The van der Waals surface area contributed by atoms with Gasteiger partial charge in [-0.2, -0.15) is 0 Å². The summed E-state index contributed by atoms with van der Waals surface area (Å²) >= 11 is 0. The van der Waals surface area contributed by atoms with Crippen molar-refractivity contribution in [2.24, 2.45) is 0 Å². The quantitative estimate of drug-likeness (QED) is 0.772. The van der Waals surface area contributed by atoms with Crippen molar-refractivity contribution in [1.82, 2.24) is 4.90 Å². The minimum atomic E-state index is -0.530. The van der Waals surface area contributed by atoms with Crippen molar-refractivity contribution in [3.05, 3.63) is 11.8 Å².